The van der Waals surface area contributed by atoms with Crippen molar-refractivity contribution in [2.75, 3.05) is 5.06 Å². The molecule has 0 saturated heterocycles. The van der Waals surface area contributed by atoms with Crippen molar-refractivity contribution >= 4 is 17.1 Å². The van der Waals surface area contributed by atoms with E-state index in [-0.39, 0.29) is 17.1 Å². The van der Waals surface area contributed by atoms with E-state index in [4.69, 9.17) is 0 Å². The molecule has 0 unspecified atom stereocenters. The fraction of sp³-hybridized carbons (Fsp3) is 0. The normalized spacial score (nSPS) is 10.2. The van der Waals surface area contributed by atoms with Crippen molar-refractivity contribution in [2.24, 2.45) is 5.18 Å². The second kappa shape index (κ2) is 4.89. The lowest BCUT2D eigenvalue weighted by atomic mass is 10.2. The minimum Gasteiger partial charge on any atom is -0.283 e. The van der Waals surface area contributed by atoms with Crippen LogP contribution < -0.4 is 5.06 Å². The highest BCUT2D eigenvalue weighted by Crippen LogP contribution is 2.28. The van der Waals surface area contributed by atoms with Crippen LogP contribution in [0.4, 0.5) is 25.8 Å². The van der Waals surface area contributed by atoms with Crippen LogP contribution in [-0.2, 0) is 0 Å². The molecule has 0 aliphatic heterocycles. The predicted molar refractivity (Wildman–Crippen MR) is 62.2 cm³/mol. The van der Waals surface area contributed by atoms with Gasteiger partial charge in [0.1, 0.15) is 17.2 Å². The first-order chi connectivity index (χ1) is 8.61. The van der Waals surface area contributed by atoms with E-state index in [1.165, 1.54) is 30.3 Å². The average molecular weight is 250 g/mol. The van der Waals surface area contributed by atoms with Crippen LogP contribution >= 0.6 is 0 Å². The molecule has 0 spiro atoms. The molecule has 2 aromatic carbocycles. The SMILES string of the molecule is O=Nc1ccc(N(O)c2cccc(F)c2)c(F)c1. The topological polar surface area (TPSA) is 52.9 Å². The predicted octanol–water partition coefficient (Wildman–Crippen LogP) is 3.89. The van der Waals surface area contributed by atoms with Gasteiger partial charge in [0.15, 0.2) is 5.82 Å². The Bertz CT molecular complexity index is 590. The van der Waals surface area contributed by atoms with Crippen LogP contribution in [0, 0.1) is 16.5 Å². The molecule has 0 atom stereocenters. The summed E-state index contributed by atoms with van der Waals surface area (Å²) in [6, 6.07) is 8.34. The van der Waals surface area contributed by atoms with Crippen molar-refractivity contribution in [3.8, 4) is 0 Å². The van der Waals surface area contributed by atoms with Gasteiger partial charge >= 0.3 is 0 Å². The third-order valence-corrected chi connectivity index (χ3v) is 2.32. The number of anilines is 2. The first kappa shape index (κ1) is 12.1. The summed E-state index contributed by atoms with van der Waals surface area (Å²) in [5.41, 5.74) is -0.224. The number of rotatable bonds is 3. The van der Waals surface area contributed by atoms with Crippen molar-refractivity contribution < 1.29 is 14.0 Å². The maximum atomic E-state index is 13.6. The Morgan fingerprint density at radius 2 is 1.89 bits per heavy atom. The minimum atomic E-state index is -0.834. The number of nitrogens with zero attached hydrogens (tertiary/aromatic N) is 2. The Balaban J connectivity index is 2.39. The Kier molecular flexibility index (Phi) is 3.29. The summed E-state index contributed by atoms with van der Waals surface area (Å²) in [7, 11) is 0. The zero-order chi connectivity index (χ0) is 13.1. The van der Waals surface area contributed by atoms with E-state index in [2.05, 4.69) is 5.18 Å². The van der Waals surface area contributed by atoms with Crippen LogP contribution in [-0.4, -0.2) is 5.21 Å². The fourth-order valence-electron chi connectivity index (χ4n) is 1.47. The fourth-order valence-corrected chi connectivity index (χ4v) is 1.47. The van der Waals surface area contributed by atoms with Gasteiger partial charge in [0.2, 0.25) is 0 Å². The van der Waals surface area contributed by atoms with Gasteiger partial charge in [-0.15, -0.1) is 4.91 Å². The molecular weight excluding hydrogens is 242 g/mol. The maximum Gasteiger partial charge on any atom is 0.151 e. The number of benzene rings is 2. The van der Waals surface area contributed by atoms with Gasteiger partial charge in [-0.1, -0.05) is 6.07 Å². The van der Waals surface area contributed by atoms with Crippen LogP contribution in [0.3, 0.4) is 0 Å². The lowest BCUT2D eigenvalue weighted by Gasteiger charge is -2.17. The molecule has 2 rings (SSSR count). The molecule has 0 aromatic heterocycles. The molecule has 0 amide bonds. The molecule has 0 radical (unpaired) electrons. The van der Waals surface area contributed by atoms with Crippen molar-refractivity contribution in [1.29, 1.82) is 0 Å². The molecule has 0 saturated carbocycles. The number of hydrogen-bond donors (Lipinski definition) is 1. The molecule has 92 valence electrons. The summed E-state index contributed by atoms with van der Waals surface area (Å²) >= 11 is 0. The lowest BCUT2D eigenvalue weighted by molar-refractivity contribution is 0.296. The number of hydrogen-bond acceptors (Lipinski definition) is 4. The van der Waals surface area contributed by atoms with E-state index in [1.807, 2.05) is 0 Å². The van der Waals surface area contributed by atoms with E-state index >= 15 is 0 Å². The highest BCUT2D eigenvalue weighted by molar-refractivity contribution is 5.62. The van der Waals surface area contributed by atoms with E-state index in [9.17, 15) is 18.9 Å². The summed E-state index contributed by atoms with van der Waals surface area (Å²) in [6.45, 7) is 0. The van der Waals surface area contributed by atoms with Gasteiger partial charge in [0.25, 0.3) is 0 Å². The van der Waals surface area contributed by atoms with Crippen molar-refractivity contribution in [1.82, 2.24) is 0 Å². The third-order valence-electron chi connectivity index (χ3n) is 2.32. The molecular formula is C12H8F2N2O2. The Hall–Kier alpha value is -2.34. The summed E-state index contributed by atoms with van der Waals surface area (Å²) in [5, 5.41) is 12.8. The van der Waals surface area contributed by atoms with Gasteiger partial charge in [0.05, 0.1) is 5.69 Å². The first-order valence-electron chi connectivity index (χ1n) is 4.99. The minimum absolute atomic E-state index is 0.0701. The maximum absolute atomic E-state index is 13.6. The molecule has 18 heavy (non-hydrogen) atoms. The standard InChI is InChI=1S/C12H8F2N2O2/c13-8-2-1-3-10(6-8)16(18)12-5-4-9(15-17)7-11(12)14/h1-7,18H. The summed E-state index contributed by atoms with van der Waals surface area (Å²) in [6.07, 6.45) is 0. The van der Waals surface area contributed by atoms with Crippen LogP contribution in [0.25, 0.3) is 0 Å². The third kappa shape index (κ3) is 2.33. The molecule has 0 aliphatic rings. The molecule has 0 heterocycles. The van der Waals surface area contributed by atoms with Gasteiger partial charge in [-0.05, 0) is 35.5 Å². The van der Waals surface area contributed by atoms with Crippen LogP contribution in [0.2, 0.25) is 0 Å². The second-order valence-electron chi connectivity index (χ2n) is 3.52. The molecule has 0 fully saturated rings. The van der Waals surface area contributed by atoms with Crippen LogP contribution in [0.15, 0.2) is 47.6 Å². The zero-order valence-electron chi connectivity index (χ0n) is 9.05. The van der Waals surface area contributed by atoms with Crippen molar-refractivity contribution in [3.05, 3.63) is 59.0 Å². The molecule has 4 nitrogen and oxygen atoms in total. The Morgan fingerprint density at radius 3 is 2.50 bits per heavy atom. The second-order valence-corrected chi connectivity index (χ2v) is 3.52. The van der Waals surface area contributed by atoms with Gasteiger partial charge in [-0.3, -0.25) is 5.21 Å². The monoisotopic (exact) mass is 250 g/mol. The van der Waals surface area contributed by atoms with Crippen molar-refractivity contribution in [2.45, 2.75) is 0 Å². The Labute approximate surface area is 101 Å². The van der Waals surface area contributed by atoms with Crippen LogP contribution in [0.1, 0.15) is 0 Å². The van der Waals surface area contributed by atoms with Crippen molar-refractivity contribution in [3.63, 3.8) is 0 Å². The summed E-state index contributed by atoms with van der Waals surface area (Å²) < 4.78 is 26.6. The lowest BCUT2D eigenvalue weighted by Crippen LogP contribution is -2.12. The quantitative estimate of drug-likeness (QED) is 0.664. The van der Waals surface area contributed by atoms with E-state index in [0.717, 1.165) is 12.1 Å². The largest absolute Gasteiger partial charge is 0.283 e. The Morgan fingerprint density at radius 1 is 1.11 bits per heavy atom. The number of nitroso groups, excluding NO2 is 1. The highest BCUT2D eigenvalue weighted by Gasteiger charge is 2.12. The summed E-state index contributed by atoms with van der Waals surface area (Å²) in [4.78, 5) is 10.2. The van der Waals surface area contributed by atoms with Gasteiger partial charge in [-0.25, -0.2) is 13.8 Å². The first-order valence-corrected chi connectivity index (χ1v) is 4.99. The van der Waals surface area contributed by atoms with E-state index in [0.29, 0.717) is 5.06 Å². The van der Waals surface area contributed by atoms with Gasteiger partial charge < -0.3 is 0 Å². The molecule has 6 heteroatoms. The molecule has 0 aliphatic carbocycles. The molecule has 1 N–H and O–H groups in total. The summed E-state index contributed by atoms with van der Waals surface area (Å²) in [5.74, 6) is -1.39. The highest BCUT2D eigenvalue weighted by atomic mass is 19.1. The molecule has 0 bridgehead atoms. The number of halogens is 2. The zero-order valence-corrected chi connectivity index (χ0v) is 9.05. The van der Waals surface area contributed by atoms with E-state index in [1.54, 1.807) is 0 Å². The van der Waals surface area contributed by atoms with Crippen LogP contribution in [0.5, 0.6) is 0 Å². The molecule has 2 aromatic rings. The van der Waals surface area contributed by atoms with Gasteiger partial charge in [0, 0.05) is 6.07 Å². The smallest absolute Gasteiger partial charge is 0.151 e. The average Bonchev–Trinajstić information content (AvgIpc) is 2.37. The van der Waals surface area contributed by atoms with E-state index < -0.39 is 11.6 Å². The van der Waals surface area contributed by atoms with Gasteiger partial charge in [-0.2, -0.15) is 0 Å².